The van der Waals surface area contributed by atoms with E-state index in [1.165, 1.54) is 23.5 Å². The Labute approximate surface area is 231 Å². The molecule has 2 N–H and O–H groups in total. The van der Waals surface area contributed by atoms with Crippen molar-refractivity contribution >= 4 is 15.9 Å². The van der Waals surface area contributed by atoms with E-state index in [2.05, 4.69) is 5.32 Å². The topological polar surface area (TPSA) is 114 Å². The molecule has 39 heavy (non-hydrogen) atoms. The Morgan fingerprint density at radius 1 is 1.10 bits per heavy atom. The van der Waals surface area contributed by atoms with Gasteiger partial charge in [0.25, 0.3) is 0 Å². The Hall–Kier alpha value is -2.50. The molecule has 10 heteroatoms. The first-order valence-corrected chi connectivity index (χ1v) is 15.0. The van der Waals surface area contributed by atoms with Crippen LogP contribution < -0.4 is 10.1 Å². The van der Waals surface area contributed by atoms with Crippen molar-refractivity contribution in [2.24, 2.45) is 17.8 Å². The van der Waals surface area contributed by atoms with E-state index in [0.717, 1.165) is 12.0 Å². The molecule has 2 aliphatic rings. The summed E-state index contributed by atoms with van der Waals surface area (Å²) in [4.78, 5) is 13.3. The lowest BCUT2D eigenvalue weighted by Crippen LogP contribution is -2.51. The summed E-state index contributed by atoms with van der Waals surface area (Å²) in [7, 11) is -2.39. The molecule has 1 amide bonds. The molecule has 0 spiro atoms. The van der Waals surface area contributed by atoms with Gasteiger partial charge < -0.3 is 24.6 Å². The molecule has 2 heterocycles. The quantitative estimate of drug-likeness (QED) is 0.387. The van der Waals surface area contributed by atoms with Gasteiger partial charge in [0.05, 0.1) is 37.4 Å². The Kier molecular flexibility index (Phi) is 10.0. The summed E-state index contributed by atoms with van der Waals surface area (Å²) in [5.74, 6) is 0.642. The van der Waals surface area contributed by atoms with Gasteiger partial charge in [0.15, 0.2) is 6.29 Å². The van der Waals surface area contributed by atoms with Crippen LogP contribution in [0.15, 0.2) is 59.5 Å². The Balaban J connectivity index is 1.51. The molecule has 3 unspecified atom stereocenters. The lowest BCUT2D eigenvalue weighted by molar-refractivity contribution is -0.124. The van der Waals surface area contributed by atoms with Crippen molar-refractivity contribution in [2.75, 3.05) is 33.4 Å². The Morgan fingerprint density at radius 3 is 2.49 bits per heavy atom. The molecular formula is C29H40N2O7S. The highest BCUT2D eigenvalue weighted by atomic mass is 32.2. The zero-order chi connectivity index (χ0) is 28.0. The number of methoxy groups -OCH3 is 1. The molecule has 2 aliphatic heterocycles. The summed E-state index contributed by atoms with van der Waals surface area (Å²) < 4.78 is 44.9. The summed E-state index contributed by atoms with van der Waals surface area (Å²) in [5, 5.41) is 14.4. The Morgan fingerprint density at radius 2 is 1.82 bits per heavy atom. The molecule has 2 aromatic rings. The number of nitrogens with one attached hydrogen (secondary N) is 1. The van der Waals surface area contributed by atoms with E-state index in [1.807, 2.05) is 44.2 Å². The second-order valence-electron chi connectivity index (χ2n) is 10.8. The molecule has 0 bridgehead atoms. The number of hydrogen-bond donors (Lipinski definition) is 2. The first kappa shape index (κ1) is 29.5. The first-order valence-electron chi connectivity index (χ1n) is 13.6. The van der Waals surface area contributed by atoms with Gasteiger partial charge in [0.2, 0.25) is 15.9 Å². The predicted molar refractivity (Wildman–Crippen MR) is 147 cm³/mol. The maximum absolute atomic E-state index is 13.6. The second kappa shape index (κ2) is 13.2. The molecule has 5 atom stereocenters. The number of nitrogens with zero attached hydrogens (tertiary/aromatic N) is 1. The van der Waals surface area contributed by atoms with Crippen LogP contribution in [0.2, 0.25) is 0 Å². The van der Waals surface area contributed by atoms with Crippen molar-refractivity contribution in [3.8, 4) is 5.75 Å². The highest BCUT2D eigenvalue weighted by Crippen LogP contribution is 2.37. The smallest absolute Gasteiger partial charge is 0.243 e. The fraction of sp³-hybridized carbons (Fsp3) is 0.552. The number of aliphatic hydroxyl groups excluding tert-OH is 1. The maximum Gasteiger partial charge on any atom is 0.243 e. The minimum atomic E-state index is -3.90. The summed E-state index contributed by atoms with van der Waals surface area (Å²) in [5.41, 5.74) is 0.934. The molecule has 2 fully saturated rings. The molecule has 4 rings (SSSR count). The predicted octanol–water partition coefficient (Wildman–Crippen LogP) is 2.83. The number of carbonyl (C=O) groups excluding carboxylic acids is 1. The van der Waals surface area contributed by atoms with Crippen molar-refractivity contribution in [2.45, 2.75) is 56.4 Å². The standard InChI is InChI=1S/C29H40N2O7S/c1-20(2)17-31(39(34,35)24-11-9-23(36-3)10-12-24)18-27(32)26(15-21-7-5-4-6-8-21)30-28(33)16-22-19-38-29-25(22)13-14-37-29/h4-12,20,22,25-27,29,32H,13-19H2,1-3H3,(H,30,33)/t22?,25?,26-,27+,29?/m0/s1. The van der Waals surface area contributed by atoms with Gasteiger partial charge in [0.1, 0.15) is 5.75 Å². The van der Waals surface area contributed by atoms with E-state index in [4.69, 9.17) is 14.2 Å². The van der Waals surface area contributed by atoms with Gasteiger partial charge >= 0.3 is 0 Å². The van der Waals surface area contributed by atoms with Crippen LogP contribution in [0.25, 0.3) is 0 Å². The number of benzene rings is 2. The fourth-order valence-electron chi connectivity index (χ4n) is 5.33. The number of rotatable bonds is 13. The largest absolute Gasteiger partial charge is 0.497 e. The van der Waals surface area contributed by atoms with Crippen LogP contribution in [-0.2, 0) is 30.7 Å². The zero-order valence-corrected chi connectivity index (χ0v) is 23.7. The molecule has 9 nitrogen and oxygen atoms in total. The number of sulfonamides is 1. The van der Waals surface area contributed by atoms with E-state index in [9.17, 15) is 18.3 Å². The van der Waals surface area contributed by atoms with Crippen LogP contribution in [0.5, 0.6) is 5.75 Å². The third kappa shape index (κ3) is 7.58. The van der Waals surface area contributed by atoms with Gasteiger partial charge in [-0.05, 0) is 54.5 Å². The SMILES string of the molecule is COc1ccc(S(=O)(=O)N(CC(C)C)C[C@@H](O)[C@H](Cc2ccccc2)NC(=O)CC2COC3OCCC23)cc1. The molecule has 0 aliphatic carbocycles. The Bertz CT molecular complexity index is 1170. The highest BCUT2D eigenvalue weighted by molar-refractivity contribution is 7.89. The molecule has 214 valence electrons. The minimum Gasteiger partial charge on any atom is -0.497 e. The van der Waals surface area contributed by atoms with Crippen molar-refractivity contribution in [3.63, 3.8) is 0 Å². The number of amides is 1. The second-order valence-corrected chi connectivity index (χ2v) is 12.7. The van der Waals surface area contributed by atoms with Crippen molar-refractivity contribution in [3.05, 3.63) is 60.2 Å². The van der Waals surface area contributed by atoms with Gasteiger partial charge in [-0.15, -0.1) is 0 Å². The number of aliphatic hydroxyl groups is 1. The summed E-state index contributed by atoms with van der Waals surface area (Å²) in [6, 6.07) is 15.1. The maximum atomic E-state index is 13.6. The van der Waals surface area contributed by atoms with Gasteiger partial charge in [-0.25, -0.2) is 8.42 Å². The molecule has 2 saturated heterocycles. The number of fused-ring (bicyclic) bond motifs is 1. The van der Waals surface area contributed by atoms with E-state index in [0.29, 0.717) is 25.4 Å². The van der Waals surface area contributed by atoms with Gasteiger partial charge in [-0.2, -0.15) is 4.31 Å². The van der Waals surface area contributed by atoms with Gasteiger partial charge in [0, 0.05) is 25.4 Å². The lowest BCUT2D eigenvalue weighted by Gasteiger charge is -2.31. The fourth-order valence-corrected chi connectivity index (χ4v) is 6.95. The van der Waals surface area contributed by atoms with Crippen LogP contribution >= 0.6 is 0 Å². The minimum absolute atomic E-state index is 0.0244. The van der Waals surface area contributed by atoms with Crippen molar-refractivity contribution < 1.29 is 32.5 Å². The molecule has 0 saturated carbocycles. The van der Waals surface area contributed by atoms with Gasteiger partial charge in [-0.3, -0.25) is 4.79 Å². The van der Waals surface area contributed by atoms with Crippen LogP contribution in [0, 0.1) is 17.8 Å². The normalized spacial score (nSPS) is 22.6. The van der Waals surface area contributed by atoms with Crippen molar-refractivity contribution in [1.29, 1.82) is 0 Å². The number of carbonyl (C=O) groups is 1. The highest BCUT2D eigenvalue weighted by Gasteiger charge is 2.42. The number of hydrogen-bond acceptors (Lipinski definition) is 7. The average Bonchev–Trinajstić information content (AvgIpc) is 3.53. The van der Waals surface area contributed by atoms with Crippen molar-refractivity contribution in [1.82, 2.24) is 9.62 Å². The van der Waals surface area contributed by atoms with E-state index < -0.39 is 22.2 Å². The van der Waals surface area contributed by atoms with Crippen LogP contribution in [0.3, 0.4) is 0 Å². The van der Waals surface area contributed by atoms with Crippen LogP contribution in [0.1, 0.15) is 32.3 Å². The third-order valence-corrected chi connectivity index (χ3v) is 9.22. The third-order valence-electron chi connectivity index (χ3n) is 7.38. The van der Waals surface area contributed by atoms with E-state index in [1.54, 1.807) is 12.1 Å². The summed E-state index contributed by atoms with van der Waals surface area (Å²) in [6.45, 7) is 5.02. The molecule has 0 radical (unpaired) electrons. The van der Waals surface area contributed by atoms with Gasteiger partial charge in [-0.1, -0.05) is 44.2 Å². The van der Waals surface area contributed by atoms with E-state index in [-0.39, 0.29) is 54.4 Å². The summed E-state index contributed by atoms with van der Waals surface area (Å²) >= 11 is 0. The average molecular weight is 561 g/mol. The summed E-state index contributed by atoms with van der Waals surface area (Å²) in [6.07, 6.45) is 0.126. The monoisotopic (exact) mass is 560 g/mol. The van der Waals surface area contributed by atoms with Crippen LogP contribution in [0.4, 0.5) is 0 Å². The molecule has 0 aromatic heterocycles. The van der Waals surface area contributed by atoms with E-state index >= 15 is 0 Å². The molecule has 2 aromatic carbocycles. The number of ether oxygens (including phenoxy) is 3. The first-order chi connectivity index (χ1) is 18.7. The zero-order valence-electron chi connectivity index (χ0n) is 22.9. The van der Waals surface area contributed by atoms with Crippen LogP contribution in [-0.4, -0.2) is 75.6 Å². The lowest BCUT2D eigenvalue weighted by atomic mass is 9.90. The molecular weight excluding hydrogens is 520 g/mol.